The fraction of sp³-hybridized carbons (Fsp3) is 0.350. The molecular formula is C20H25FN8O. The van der Waals surface area contributed by atoms with Crippen LogP contribution >= 0.6 is 0 Å². The van der Waals surface area contributed by atoms with Crippen molar-refractivity contribution in [3.8, 4) is 5.75 Å². The van der Waals surface area contributed by atoms with Crippen molar-refractivity contribution in [3.05, 3.63) is 53.9 Å². The number of aromatic nitrogens is 2. The zero-order valence-corrected chi connectivity index (χ0v) is 17.0. The van der Waals surface area contributed by atoms with Gasteiger partial charge in [-0.2, -0.15) is 5.10 Å². The number of hydrogen-bond acceptors (Lipinski definition) is 8. The van der Waals surface area contributed by atoms with Crippen LogP contribution in [0.1, 0.15) is 31.1 Å². The summed E-state index contributed by atoms with van der Waals surface area (Å²) in [7, 11) is 0. The quantitative estimate of drug-likeness (QED) is 0.506. The molecule has 2 aliphatic rings. The third-order valence-corrected chi connectivity index (χ3v) is 4.95. The molecule has 0 aliphatic carbocycles. The van der Waals surface area contributed by atoms with Gasteiger partial charge in [0.15, 0.2) is 11.6 Å². The Bertz CT molecular complexity index is 979. The number of anilines is 2. The van der Waals surface area contributed by atoms with Gasteiger partial charge in [0.1, 0.15) is 18.5 Å². The third-order valence-electron chi connectivity index (χ3n) is 4.95. The predicted octanol–water partition coefficient (Wildman–Crippen LogP) is 1.96. The number of hydrazone groups is 1. The number of rotatable bonds is 5. The minimum atomic E-state index is -0.405. The molecule has 4 N–H and O–H groups in total. The molecule has 1 aromatic carbocycles. The van der Waals surface area contributed by atoms with Gasteiger partial charge in [-0.1, -0.05) is 6.58 Å². The van der Waals surface area contributed by atoms with Crippen LogP contribution < -0.4 is 26.2 Å². The number of fused-ring (bicyclic) bond motifs is 1. The molecule has 0 saturated carbocycles. The first kappa shape index (κ1) is 19.9. The Morgan fingerprint density at radius 3 is 2.90 bits per heavy atom. The van der Waals surface area contributed by atoms with Crippen LogP contribution in [0.4, 0.5) is 15.9 Å². The Kier molecular flexibility index (Phi) is 5.40. The second-order valence-electron chi connectivity index (χ2n) is 7.42. The normalized spacial score (nSPS) is 18.8. The van der Waals surface area contributed by atoms with Crippen molar-refractivity contribution in [2.24, 2.45) is 10.8 Å². The fourth-order valence-electron chi connectivity index (χ4n) is 3.58. The number of nitrogens with one attached hydrogen (secondary N) is 2. The molecule has 2 aromatic rings. The van der Waals surface area contributed by atoms with E-state index in [0.29, 0.717) is 18.8 Å². The van der Waals surface area contributed by atoms with Gasteiger partial charge in [0.05, 0.1) is 36.6 Å². The van der Waals surface area contributed by atoms with Crippen molar-refractivity contribution >= 4 is 17.8 Å². The largest absolute Gasteiger partial charge is 0.488 e. The summed E-state index contributed by atoms with van der Waals surface area (Å²) < 4.78 is 19.9. The van der Waals surface area contributed by atoms with Crippen LogP contribution in [0.25, 0.3) is 0 Å². The smallest absolute Gasteiger partial charge is 0.167 e. The summed E-state index contributed by atoms with van der Waals surface area (Å²) in [5.74, 6) is 0.604. The van der Waals surface area contributed by atoms with Crippen LogP contribution in [-0.4, -0.2) is 47.1 Å². The van der Waals surface area contributed by atoms with Crippen LogP contribution in [0.3, 0.4) is 0 Å². The van der Waals surface area contributed by atoms with Crippen molar-refractivity contribution in [1.82, 2.24) is 20.4 Å². The minimum Gasteiger partial charge on any atom is -0.488 e. The molecule has 1 saturated heterocycles. The topological polar surface area (TPSA) is 104 Å². The number of nitrogens with zero attached hydrogens (tertiary/aromatic N) is 5. The molecule has 10 heteroatoms. The van der Waals surface area contributed by atoms with Gasteiger partial charge in [-0.25, -0.2) is 19.8 Å². The molecule has 0 spiro atoms. The highest BCUT2D eigenvalue weighted by molar-refractivity contribution is 5.61. The molecule has 3 heterocycles. The Balaban J connectivity index is 1.58. The second kappa shape index (κ2) is 8.15. The summed E-state index contributed by atoms with van der Waals surface area (Å²) in [6.45, 7) is 9.75. The van der Waals surface area contributed by atoms with Gasteiger partial charge in [0.2, 0.25) is 0 Å². The van der Waals surface area contributed by atoms with Crippen molar-refractivity contribution in [2.45, 2.75) is 26.0 Å². The molecule has 30 heavy (non-hydrogen) atoms. The van der Waals surface area contributed by atoms with Gasteiger partial charge in [-0.3, -0.25) is 5.01 Å². The first-order chi connectivity index (χ1) is 14.5. The van der Waals surface area contributed by atoms with Crippen LogP contribution in [0, 0.1) is 5.82 Å². The maximum atomic E-state index is 14.3. The van der Waals surface area contributed by atoms with E-state index in [2.05, 4.69) is 37.4 Å². The van der Waals surface area contributed by atoms with E-state index in [1.807, 2.05) is 19.9 Å². The van der Waals surface area contributed by atoms with Crippen LogP contribution in [0.2, 0.25) is 0 Å². The molecule has 9 nitrogen and oxygen atoms in total. The molecule has 1 fully saturated rings. The van der Waals surface area contributed by atoms with Crippen LogP contribution in [0.5, 0.6) is 5.75 Å². The van der Waals surface area contributed by atoms with E-state index in [1.165, 1.54) is 18.7 Å². The lowest BCUT2D eigenvalue weighted by molar-refractivity contribution is 0.231. The average molecular weight is 412 g/mol. The van der Waals surface area contributed by atoms with Crippen molar-refractivity contribution < 1.29 is 9.13 Å². The molecule has 0 radical (unpaired) electrons. The Labute approximate surface area is 174 Å². The summed E-state index contributed by atoms with van der Waals surface area (Å²) in [5.41, 5.74) is 14.7. The zero-order chi connectivity index (χ0) is 21.3. The molecule has 0 amide bonds. The average Bonchev–Trinajstić information content (AvgIpc) is 3.12. The summed E-state index contributed by atoms with van der Waals surface area (Å²) in [4.78, 5) is 11.0. The summed E-state index contributed by atoms with van der Waals surface area (Å²) >= 11 is 0. The number of hydrazine groups is 1. The Hall–Kier alpha value is -3.40. The fourth-order valence-corrected chi connectivity index (χ4v) is 3.58. The van der Waals surface area contributed by atoms with E-state index in [0.717, 1.165) is 29.3 Å². The van der Waals surface area contributed by atoms with Gasteiger partial charge in [-0.05, 0) is 19.9 Å². The van der Waals surface area contributed by atoms with E-state index in [9.17, 15) is 4.39 Å². The van der Waals surface area contributed by atoms with Gasteiger partial charge < -0.3 is 20.8 Å². The number of hydrogen-bond donors (Lipinski definition) is 3. The van der Waals surface area contributed by atoms with Gasteiger partial charge in [0, 0.05) is 29.9 Å². The molecular weight excluding hydrogens is 387 g/mol. The number of ether oxygens (including phenoxy) is 1. The van der Waals surface area contributed by atoms with E-state index >= 15 is 0 Å². The summed E-state index contributed by atoms with van der Waals surface area (Å²) in [6, 6.07) is 4.82. The van der Waals surface area contributed by atoms with Crippen molar-refractivity contribution in [2.75, 3.05) is 30.0 Å². The second-order valence-corrected chi connectivity index (χ2v) is 7.42. The van der Waals surface area contributed by atoms with E-state index < -0.39 is 5.82 Å². The zero-order valence-electron chi connectivity index (χ0n) is 17.0. The predicted molar refractivity (Wildman–Crippen MR) is 114 cm³/mol. The maximum absolute atomic E-state index is 14.3. The third kappa shape index (κ3) is 3.86. The highest BCUT2D eigenvalue weighted by Gasteiger charge is 2.28. The van der Waals surface area contributed by atoms with Crippen LogP contribution in [-0.2, 0) is 0 Å². The maximum Gasteiger partial charge on any atom is 0.167 e. The van der Waals surface area contributed by atoms with Crippen molar-refractivity contribution in [1.29, 1.82) is 0 Å². The Morgan fingerprint density at radius 1 is 1.33 bits per heavy atom. The van der Waals surface area contributed by atoms with Gasteiger partial charge in [-0.15, -0.1) is 0 Å². The standard InChI is InChI=1S/C20H25FN8O/c1-12(2)30-18-6-14-16(7-15(18)21)26-27-20(14)17-8-19(24-11-23-17)28-4-5-29(25-10-22)13(3)9-28/h6-8,10-12,20,26-27H,3-5,9H2,1-2H3,(H2,22,25)/t20-/m1/s1. The van der Waals surface area contributed by atoms with Crippen molar-refractivity contribution in [3.63, 3.8) is 0 Å². The SMILES string of the molecule is C=C1CN(c2cc([C@@H]3NNc4cc(F)c(OC(C)C)cc43)ncn2)CCN1/N=C\N. The lowest BCUT2D eigenvalue weighted by atomic mass is 10.0. The summed E-state index contributed by atoms with van der Waals surface area (Å²) in [6.07, 6.45) is 2.67. The first-order valence-electron chi connectivity index (χ1n) is 9.74. The Morgan fingerprint density at radius 2 is 2.17 bits per heavy atom. The molecule has 4 rings (SSSR count). The van der Waals surface area contributed by atoms with E-state index in [1.54, 1.807) is 11.1 Å². The molecule has 1 atom stereocenters. The number of piperazine rings is 1. The van der Waals surface area contributed by atoms with Crippen LogP contribution in [0.15, 0.2) is 41.9 Å². The molecule has 1 aromatic heterocycles. The molecule has 158 valence electrons. The number of halogens is 1. The highest BCUT2D eigenvalue weighted by atomic mass is 19.1. The number of nitrogens with two attached hydrogens (primary N) is 1. The molecule has 0 unspecified atom stereocenters. The van der Waals surface area contributed by atoms with E-state index in [-0.39, 0.29) is 17.9 Å². The summed E-state index contributed by atoms with van der Waals surface area (Å²) in [5, 5.41) is 5.88. The lowest BCUT2D eigenvalue weighted by Crippen LogP contribution is -2.43. The lowest BCUT2D eigenvalue weighted by Gasteiger charge is -2.35. The van der Waals surface area contributed by atoms with E-state index in [4.69, 9.17) is 10.5 Å². The highest BCUT2D eigenvalue weighted by Crippen LogP contribution is 2.37. The minimum absolute atomic E-state index is 0.126. The first-order valence-corrected chi connectivity index (χ1v) is 9.74. The monoisotopic (exact) mass is 412 g/mol. The van der Waals surface area contributed by atoms with Gasteiger partial charge in [0.25, 0.3) is 0 Å². The van der Waals surface area contributed by atoms with Gasteiger partial charge >= 0.3 is 0 Å². The number of benzene rings is 1. The molecule has 2 aliphatic heterocycles. The molecule has 0 bridgehead atoms.